The summed E-state index contributed by atoms with van der Waals surface area (Å²) in [6.07, 6.45) is 3.94. The van der Waals surface area contributed by atoms with Crippen molar-refractivity contribution in [1.82, 2.24) is 9.88 Å². The quantitative estimate of drug-likeness (QED) is 0.653. The van der Waals surface area contributed by atoms with Crippen molar-refractivity contribution in [2.24, 2.45) is 4.99 Å². The van der Waals surface area contributed by atoms with Crippen molar-refractivity contribution in [3.05, 3.63) is 63.9 Å². The minimum atomic E-state index is -0.939. The number of aliphatic imine (C=N–C) groups is 1. The maximum absolute atomic E-state index is 10.5. The number of hydrogen-bond donors (Lipinski definition) is 1. The van der Waals surface area contributed by atoms with E-state index in [9.17, 15) is 5.11 Å². The summed E-state index contributed by atoms with van der Waals surface area (Å²) in [5.41, 5.74) is 4.02. The zero-order chi connectivity index (χ0) is 21.2. The topological polar surface area (TPSA) is 76.4 Å². The highest BCUT2D eigenvalue weighted by Crippen LogP contribution is 2.34. The Balaban J connectivity index is 1.31. The molecule has 1 aromatic heterocycles. The minimum absolute atomic E-state index is 0.106. The average molecular weight is 486 g/mol. The SMILES string of the molecule is OC1N=C(OCC2CCCO2)C=C2c3ccc(OCc4cccc(Br)n4)cc3CCN21. The van der Waals surface area contributed by atoms with Crippen LogP contribution < -0.4 is 4.74 Å². The molecule has 1 aromatic carbocycles. The Kier molecular flexibility index (Phi) is 5.93. The van der Waals surface area contributed by atoms with E-state index in [0.29, 0.717) is 25.7 Å². The number of aliphatic hydroxyl groups excluding tert-OH is 1. The van der Waals surface area contributed by atoms with Crippen LogP contribution in [0.25, 0.3) is 5.70 Å². The fourth-order valence-electron chi connectivity index (χ4n) is 4.09. The van der Waals surface area contributed by atoms with Gasteiger partial charge in [0, 0.05) is 24.8 Å². The lowest BCUT2D eigenvalue weighted by Gasteiger charge is -2.37. The van der Waals surface area contributed by atoms with Gasteiger partial charge in [-0.3, -0.25) is 0 Å². The molecule has 0 spiro atoms. The zero-order valence-electron chi connectivity index (χ0n) is 17.0. The van der Waals surface area contributed by atoms with Crippen molar-refractivity contribution < 1.29 is 19.3 Å². The third-order valence-electron chi connectivity index (χ3n) is 5.67. The van der Waals surface area contributed by atoms with E-state index in [0.717, 1.165) is 53.2 Å². The van der Waals surface area contributed by atoms with Gasteiger partial charge in [0.2, 0.25) is 12.2 Å². The highest BCUT2D eigenvalue weighted by atomic mass is 79.9. The number of rotatable bonds is 5. The lowest BCUT2D eigenvalue weighted by atomic mass is 9.95. The molecule has 5 rings (SSSR count). The monoisotopic (exact) mass is 485 g/mol. The molecular weight excluding hydrogens is 462 g/mol. The summed E-state index contributed by atoms with van der Waals surface area (Å²) in [6.45, 7) is 2.32. The molecule has 31 heavy (non-hydrogen) atoms. The molecule has 3 aliphatic rings. The number of aliphatic hydroxyl groups is 1. The minimum Gasteiger partial charge on any atom is -0.487 e. The van der Waals surface area contributed by atoms with Crippen LogP contribution in [0, 0.1) is 0 Å². The summed E-state index contributed by atoms with van der Waals surface area (Å²) >= 11 is 3.38. The van der Waals surface area contributed by atoms with Gasteiger partial charge in [-0.25, -0.2) is 4.98 Å². The molecule has 4 heterocycles. The highest BCUT2D eigenvalue weighted by molar-refractivity contribution is 9.10. The second-order valence-electron chi connectivity index (χ2n) is 7.79. The van der Waals surface area contributed by atoms with Gasteiger partial charge < -0.3 is 24.2 Å². The van der Waals surface area contributed by atoms with Crippen LogP contribution in [0.15, 0.2) is 52.1 Å². The van der Waals surface area contributed by atoms with Gasteiger partial charge in [-0.2, -0.15) is 4.99 Å². The van der Waals surface area contributed by atoms with E-state index in [4.69, 9.17) is 14.2 Å². The van der Waals surface area contributed by atoms with E-state index in [1.54, 1.807) is 0 Å². The van der Waals surface area contributed by atoms with Crippen LogP contribution in [-0.4, -0.2) is 53.1 Å². The summed E-state index contributed by atoms with van der Waals surface area (Å²) in [4.78, 5) is 10.6. The van der Waals surface area contributed by atoms with Crippen molar-refractivity contribution in [2.45, 2.75) is 38.3 Å². The molecule has 2 atom stereocenters. The van der Waals surface area contributed by atoms with Gasteiger partial charge in [-0.15, -0.1) is 0 Å². The first-order valence-corrected chi connectivity index (χ1v) is 11.3. The van der Waals surface area contributed by atoms with Gasteiger partial charge in [-0.1, -0.05) is 6.07 Å². The molecule has 0 saturated carbocycles. The summed E-state index contributed by atoms with van der Waals surface area (Å²) in [5.74, 6) is 1.25. The van der Waals surface area contributed by atoms with Gasteiger partial charge in [0.15, 0.2) is 0 Å². The Hall–Kier alpha value is -2.42. The number of ether oxygens (including phenoxy) is 3. The second-order valence-corrected chi connectivity index (χ2v) is 8.60. The molecule has 2 aromatic rings. The average Bonchev–Trinajstić information content (AvgIpc) is 3.30. The molecule has 0 aliphatic carbocycles. The summed E-state index contributed by atoms with van der Waals surface area (Å²) in [7, 11) is 0. The van der Waals surface area contributed by atoms with Gasteiger partial charge in [0.05, 0.1) is 17.5 Å². The predicted molar refractivity (Wildman–Crippen MR) is 119 cm³/mol. The third-order valence-corrected chi connectivity index (χ3v) is 6.11. The Morgan fingerprint density at radius 3 is 3.00 bits per heavy atom. The largest absolute Gasteiger partial charge is 0.487 e. The van der Waals surface area contributed by atoms with Crippen LogP contribution in [0.3, 0.4) is 0 Å². The van der Waals surface area contributed by atoms with Crippen LogP contribution in [0.5, 0.6) is 5.75 Å². The van der Waals surface area contributed by atoms with E-state index < -0.39 is 6.35 Å². The maximum atomic E-state index is 10.5. The van der Waals surface area contributed by atoms with Crippen molar-refractivity contribution >= 4 is 27.5 Å². The summed E-state index contributed by atoms with van der Waals surface area (Å²) in [5, 5.41) is 10.5. The number of hydrogen-bond acceptors (Lipinski definition) is 7. The van der Waals surface area contributed by atoms with Crippen LogP contribution in [0.2, 0.25) is 0 Å². The molecule has 0 bridgehead atoms. The lowest BCUT2D eigenvalue weighted by Crippen LogP contribution is -2.40. The predicted octanol–water partition coefficient (Wildman–Crippen LogP) is 3.51. The first kappa shape index (κ1) is 20.5. The molecule has 162 valence electrons. The Labute approximate surface area is 189 Å². The molecule has 8 heteroatoms. The first-order valence-electron chi connectivity index (χ1n) is 10.5. The number of benzene rings is 1. The Morgan fingerprint density at radius 2 is 2.16 bits per heavy atom. The zero-order valence-corrected chi connectivity index (χ0v) is 18.6. The number of nitrogens with zero attached hydrogens (tertiary/aromatic N) is 3. The molecular formula is C23H24BrN3O4. The third kappa shape index (κ3) is 4.61. The normalized spacial score (nSPS) is 22.3. The molecule has 0 radical (unpaired) electrons. The van der Waals surface area contributed by atoms with E-state index in [1.807, 2.05) is 41.3 Å². The number of aromatic nitrogens is 1. The smallest absolute Gasteiger partial charge is 0.229 e. The van der Waals surface area contributed by atoms with Gasteiger partial charge in [-0.05, 0) is 71.1 Å². The molecule has 1 fully saturated rings. The van der Waals surface area contributed by atoms with Gasteiger partial charge >= 0.3 is 0 Å². The summed E-state index contributed by atoms with van der Waals surface area (Å²) < 4.78 is 18.2. The lowest BCUT2D eigenvalue weighted by molar-refractivity contribution is 0.0405. The van der Waals surface area contributed by atoms with Gasteiger partial charge in [0.25, 0.3) is 0 Å². The second kappa shape index (κ2) is 8.98. The van der Waals surface area contributed by atoms with Crippen LogP contribution >= 0.6 is 15.9 Å². The van der Waals surface area contributed by atoms with Crippen LogP contribution in [0.4, 0.5) is 0 Å². The Morgan fingerprint density at radius 1 is 1.23 bits per heavy atom. The number of fused-ring (bicyclic) bond motifs is 3. The van der Waals surface area contributed by atoms with Gasteiger partial charge in [0.1, 0.15) is 23.6 Å². The highest BCUT2D eigenvalue weighted by Gasteiger charge is 2.30. The van der Waals surface area contributed by atoms with Crippen molar-refractivity contribution in [3.63, 3.8) is 0 Å². The first-order chi connectivity index (χ1) is 15.2. The fraction of sp³-hybridized carbons (Fsp3) is 0.391. The van der Waals surface area contributed by atoms with Crippen molar-refractivity contribution in [3.8, 4) is 5.75 Å². The van der Waals surface area contributed by atoms with Crippen LogP contribution in [0.1, 0.15) is 29.7 Å². The number of halogens is 1. The molecule has 0 amide bonds. The van der Waals surface area contributed by atoms with Crippen molar-refractivity contribution in [1.29, 1.82) is 0 Å². The molecule has 1 N–H and O–H groups in total. The fourth-order valence-corrected chi connectivity index (χ4v) is 4.47. The Bertz CT molecular complexity index is 1020. The molecule has 1 saturated heterocycles. The van der Waals surface area contributed by atoms with E-state index in [-0.39, 0.29) is 6.10 Å². The standard InChI is InChI=1S/C23H24BrN3O4/c24-21-5-1-3-16(25-21)13-30-17-6-7-19-15(11-17)8-9-27-20(19)12-22(26-23(27)28)31-14-18-4-2-10-29-18/h1,3,5-7,11-12,18,23,28H,2,4,8-10,13-14H2. The van der Waals surface area contributed by atoms with E-state index in [1.165, 1.54) is 5.56 Å². The molecule has 3 aliphatic heterocycles. The van der Waals surface area contributed by atoms with Crippen molar-refractivity contribution in [2.75, 3.05) is 19.8 Å². The van der Waals surface area contributed by atoms with E-state index >= 15 is 0 Å². The maximum Gasteiger partial charge on any atom is 0.229 e. The molecule has 7 nitrogen and oxygen atoms in total. The molecule has 2 unspecified atom stereocenters. The summed E-state index contributed by atoms with van der Waals surface area (Å²) in [6, 6.07) is 11.8. The van der Waals surface area contributed by atoms with E-state index in [2.05, 4.69) is 32.0 Å². The number of pyridine rings is 1. The van der Waals surface area contributed by atoms with Crippen LogP contribution in [-0.2, 0) is 22.5 Å².